The van der Waals surface area contributed by atoms with Crippen LogP contribution in [0.4, 0.5) is 0 Å². The summed E-state index contributed by atoms with van der Waals surface area (Å²) in [5.74, 6) is -0.995. The zero-order valence-corrected chi connectivity index (χ0v) is 14.3. The van der Waals surface area contributed by atoms with Crippen molar-refractivity contribution in [1.29, 1.82) is 0 Å². The number of nitrogens with zero attached hydrogens (tertiary/aromatic N) is 1. The fourth-order valence-corrected chi connectivity index (χ4v) is 3.93. The molecule has 0 amide bonds. The Morgan fingerprint density at radius 1 is 1.21 bits per heavy atom. The average Bonchev–Trinajstić information content (AvgIpc) is 2.83. The van der Waals surface area contributed by atoms with Crippen LogP contribution in [-0.2, 0) is 14.3 Å². The Labute approximate surface area is 142 Å². The van der Waals surface area contributed by atoms with Crippen LogP contribution in [0, 0.1) is 5.92 Å². The van der Waals surface area contributed by atoms with Crippen molar-refractivity contribution in [2.75, 3.05) is 13.7 Å². The first-order valence-electron chi connectivity index (χ1n) is 8.76. The second-order valence-corrected chi connectivity index (χ2v) is 6.70. The first-order valence-corrected chi connectivity index (χ1v) is 8.76. The molecule has 2 aliphatic rings. The van der Waals surface area contributed by atoms with Gasteiger partial charge in [0.2, 0.25) is 0 Å². The van der Waals surface area contributed by atoms with Gasteiger partial charge in [0.25, 0.3) is 0 Å². The standard InChI is InChI=1S/C19H25NO4/c1-3-11-23-19(22)17-15-10-9-14(20(15)2)12-16(17)24-18(21)13-7-5-4-6-8-13/h4-8,14-17H,3,9-12H2,1-2H3/t14-,15?,16+,17-/m1/s1. The first-order chi connectivity index (χ1) is 11.6. The van der Waals surface area contributed by atoms with E-state index in [4.69, 9.17) is 9.47 Å². The maximum atomic E-state index is 12.6. The smallest absolute Gasteiger partial charge is 0.338 e. The van der Waals surface area contributed by atoms with Crippen molar-refractivity contribution in [3.8, 4) is 0 Å². The molecule has 5 nitrogen and oxygen atoms in total. The van der Waals surface area contributed by atoms with Crippen LogP contribution in [-0.4, -0.2) is 48.7 Å². The predicted molar refractivity (Wildman–Crippen MR) is 89.6 cm³/mol. The summed E-state index contributed by atoms with van der Waals surface area (Å²) >= 11 is 0. The van der Waals surface area contributed by atoms with Crippen molar-refractivity contribution < 1.29 is 19.1 Å². The number of benzene rings is 1. The number of carbonyl (C=O) groups excluding carboxylic acids is 2. The topological polar surface area (TPSA) is 55.8 Å². The molecule has 130 valence electrons. The molecule has 2 bridgehead atoms. The Bertz CT molecular complexity index is 588. The quantitative estimate of drug-likeness (QED) is 0.777. The summed E-state index contributed by atoms with van der Waals surface area (Å²) in [6.45, 7) is 2.38. The van der Waals surface area contributed by atoms with E-state index in [-0.39, 0.29) is 18.0 Å². The molecule has 4 atom stereocenters. The molecule has 2 heterocycles. The maximum absolute atomic E-state index is 12.6. The molecule has 5 heteroatoms. The third kappa shape index (κ3) is 3.31. The second-order valence-electron chi connectivity index (χ2n) is 6.70. The number of hydrogen-bond acceptors (Lipinski definition) is 5. The third-order valence-electron chi connectivity index (χ3n) is 5.20. The second kappa shape index (κ2) is 7.34. The van der Waals surface area contributed by atoms with Gasteiger partial charge in [0.05, 0.1) is 12.2 Å². The maximum Gasteiger partial charge on any atom is 0.338 e. The van der Waals surface area contributed by atoms with Gasteiger partial charge in [-0.3, -0.25) is 9.69 Å². The summed E-state index contributed by atoms with van der Waals surface area (Å²) in [6, 6.07) is 9.41. The van der Waals surface area contributed by atoms with Crippen LogP contribution >= 0.6 is 0 Å². The summed E-state index contributed by atoms with van der Waals surface area (Å²) in [5, 5.41) is 0. The minimum atomic E-state index is -0.407. The molecule has 2 saturated heterocycles. The predicted octanol–water partition coefficient (Wildman–Crippen LogP) is 2.65. The van der Waals surface area contributed by atoms with E-state index in [0.717, 1.165) is 19.3 Å². The number of hydrogen-bond donors (Lipinski definition) is 0. The number of rotatable bonds is 5. The highest BCUT2D eigenvalue weighted by Crippen LogP contribution is 2.40. The van der Waals surface area contributed by atoms with Gasteiger partial charge in [0.1, 0.15) is 12.0 Å². The van der Waals surface area contributed by atoms with E-state index in [0.29, 0.717) is 24.6 Å². The largest absolute Gasteiger partial charge is 0.465 e. The summed E-state index contributed by atoms with van der Waals surface area (Å²) < 4.78 is 11.1. The molecule has 1 aromatic rings. The average molecular weight is 331 g/mol. The van der Waals surface area contributed by atoms with Crippen LogP contribution < -0.4 is 0 Å². The van der Waals surface area contributed by atoms with Crippen LogP contribution in [0.15, 0.2) is 30.3 Å². The van der Waals surface area contributed by atoms with Crippen molar-refractivity contribution in [1.82, 2.24) is 4.90 Å². The number of piperidine rings is 1. The highest BCUT2D eigenvalue weighted by atomic mass is 16.6. The Kier molecular flexibility index (Phi) is 5.19. The lowest BCUT2D eigenvalue weighted by molar-refractivity contribution is -0.159. The molecule has 0 saturated carbocycles. The third-order valence-corrected chi connectivity index (χ3v) is 5.20. The van der Waals surface area contributed by atoms with Crippen LogP contribution in [0.25, 0.3) is 0 Å². The van der Waals surface area contributed by atoms with E-state index >= 15 is 0 Å². The van der Waals surface area contributed by atoms with Gasteiger partial charge in [-0.1, -0.05) is 25.1 Å². The monoisotopic (exact) mass is 331 g/mol. The van der Waals surface area contributed by atoms with E-state index in [1.54, 1.807) is 12.1 Å². The highest BCUT2D eigenvalue weighted by Gasteiger charge is 2.51. The van der Waals surface area contributed by atoms with Crippen molar-refractivity contribution in [3.05, 3.63) is 35.9 Å². The lowest BCUT2D eigenvalue weighted by Crippen LogP contribution is -2.53. The number of esters is 2. The molecule has 0 radical (unpaired) electrons. The highest BCUT2D eigenvalue weighted by molar-refractivity contribution is 5.89. The molecular formula is C19H25NO4. The zero-order chi connectivity index (χ0) is 17.1. The lowest BCUT2D eigenvalue weighted by atomic mass is 9.87. The molecule has 1 unspecified atom stereocenters. The van der Waals surface area contributed by atoms with Crippen LogP contribution in [0.3, 0.4) is 0 Å². The Hall–Kier alpha value is -1.88. The normalized spacial score (nSPS) is 29.2. The number of ether oxygens (including phenoxy) is 2. The minimum absolute atomic E-state index is 0.0988. The molecule has 0 aromatic heterocycles. The van der Waals surface area contributed by atoms with Crippen LogP contribution in [0.2, 0.25) is 0 Å². The Morgan fingerprint density at radius 3 is 2.67 bits per heavy atom. The number of carbonyl (C=O) groups is 2. The molecule has 2 fully saturated rings. The van der Waals surface area contributed by atoms with Gasteiger partial charge in [-0.2, -0.15) is 0 Å². The fourth-order valence-electron chi connectivity index (χ4n) is 3.93. The van der Waals surface area contributed by atoms with E-state index < -0.39 is 12.0 Å². The fraction of sp³-hybridized carbons (Fsp3) is 0.579. The van der Waals surface area contributed by atoms with E-state index in [2.05, 4.69) is 11.9 Å². The summed E-state index contributed by atoms with van der Waals surface area (Å²) in [7, 11) is 2.05. The van der Waals surface area contributed by atoms with Gasteiger partial charge in [0, 0.05) is 18.5 Å². The van der Waals surface area contributed by atoms with Gasteiger partial charge in [0.15, 0.2) is 0 Å². The van der Waals surface area contributed by atoms with Crippen molar-refractivity contribution in [2.24, 2.45) is 5.92 Å². The summed E-state index contributed by atoms with van der Waals surface area (Å²) in [5.41, 5.74) is 0.518. The molecule has 0 N–H and O–H groups in total. The molecular weight excluding hydrogens is 306 g/mol. The Morgan fingerprint density at radius 2 is 1.96 bits per heavy atom. The van der Waals surface area contributed by atoms with Crippen molar-refractivity contribution in [2.45, 2.75) is 50.8 Å². The summed E-state index contributed by atoms with van der Waals surface area (Å²) in [6.07, 6.45) is 3.06. The molecule has 3 rings (SSSR count). The van der Waals surface area contributed by atoms with Crippen molar-refractivity contribution in [3.63, 3.8) is 0 Å². The van der Waals surface area contributed by atoms with Crippen LogP contribution in [0.1, 0.15) is 43.0 Å². The number of fused-ring (bicyclic) bond motifs is 2. The van der Waals surface area contributed by atoms with E-state index in [1.165, 1.54) is 0 Å². The van der Waals surface area contributed by atoms with Gasteiger partial charge < -0.3 is 9.47 Å². The van der Waals surface area contributed by atoms with Gasteiger partial charge >= 0.3 is 11.9 Å². The molecule has 0 spiro atoms. The van der Waals surface area contributed by atoms with E-state index in [9.17, 15) is 9.59 Å². The molecule has 24 heavy (non-hydrogen) atoms. The first kappa shape index (κ1) is 17.0. The van der Waals surface area contributed by atoms with Gasteiger partial charge in [-0.05, 0) is 38.4 Å². The zero-order valence-electron chi connectivity index (χ0n) is 14.3. The van der Waals surface area contributed by atoms with Crippen LogP contribution in [0.5, 0.6) is 0 Å². The minimum Gasteiger partial charge on any atom is -0.465 e. The molecule has 0 aliphatic carbocycles. The van der Waals surface area contributed by atoms with Gasteiger partial charge in [-0.25, -0.2) is 4.79 Å². The summed E-state index contributed by atoms with van der Waals surface area (Å²) in [4.78, 5) is 27.3. The SMILES string of the molecule is CCCOC(=O)[C@@H]1C2CC[C@H](C[C@@H]1OC(=O)c1ccccc1)N2C. The van der Waals surface area contributed by atoms with Gasteiger partial charge in [-0.15, -0.1) is 0 Å². The molecule has 2 aliphatic heterocycles. The molecule has 1 aromatic carbocycles. The Balaban J connectivity index is 1.76. The van der Waals surface area contributed by atoms with E-state index in [1.807, 2.05) is 25.1 Å². The lowest BCUT2D eigenvalue weighted by Gasteiger charge is -2.40. The van der Waals surface area contributed by atoms with Crippen molar-refractivity contribution >= 4 is 11.9 Å².